The first kappa shape index (κ1) is 14.8. The van der Waals surface area contributed by atoms with E-state index in [4.69, 9.17) is 14.6 Å². The Labute approximate surface area is 111 Å². The van der Waals surface area contributed by atoms with Gasteiger partial charge in [-0.1, -0.05) is 6.07 Å². The predicted octanol–water partition coefficient (Wildman–Crippen LogP) is 1.30. The number of methoxy groups -OCH3 is 2. The Balaban J connectivity index is 2.68. The van der Waals surface area contributed by atoms with E-state index in [0.29, 0.717) is 30.0 Å². The third-order valence-corrected chi connectivity index (χ3v) is 2.50. The van der Waals surface area contributed by atoms with Crippen molar-refractivity contribution in [3.05, 3.63) is 23.8 Å². The van der Waals surface area contributed by atoms with Crippen LogP contribution in [0.2, 0.25) is 0 Å². The van der Waals surface area contributed by atoms with Gasteiger partial charge in [-0.15, -0.1) is 0 Å². The highest BCUT2D eigenvalue weighted by Gasteiger charge is 2.15. The normalized spacial score (nSPS) is 9.79. The van der Waals surface area contributed by atoms with Gasteiger partial charge >= 0.3 is 5.97 Å². The first-order valence-corrected chi connectivity index (χ1v) is 5.81. The zero-order valence-corrected chi connectivity index (χ0v) is 10.9. The van der Waals surface area contributed by atoms with Gasteiger partial charge in [0.15, 0.2) is 11.5 Å². The van der Waals surface area contributed by atoms with E-state index in [1.807, 2.05) is 0 Å². The molecule has 0 radical (unpaired) electrons. The second-order valence-electron chi connectivity index (χ2n) is 3.79. The van der Waals surface area contributed by atoms with Gasteiger partial charge in [-0.05, 0) is 18.6 Å². The zero-order chi connectivity index (χ0) is 14.3. The molecule has 0 spiro atoms. The average Bonchev–Trinajstić information content (AvgIpc) is 2.42. The Morgan fingerprint density at radius 3 is 2.58 bits per heavy atom. The number of nitrogens with one attached hydrogen (secondary N) is 1. The molecule has 0 aliphatic rings. The van der Waals surface area contributed by atoms with E-state index in [0.717, 1.165) is 0 Å². The molecule has 104 valence electrons. The van der Waals surface area contributed by atoms with Crippen molar-refractivity contribution in [2.24, 2.45) is 0 Å². The van der Waals surface area contributed by atoms with Crippen molar-refractivity contribution in [2.45, 2.75) is 12.8 Å². The average molecular weight is 267 g/mol. The van der Waals surface area contributed by atoms with Crippen molar-refractivity contribution >= 4 is 11.9 Å². The van der Waals surface area contributed by atoms with Crippen LogP contribution in [0.15, 0.2) is 18.2 Å². The molecule has 1 aromatic rings. The molecule has 0 heterocycles. The Morgan fingerprint density at radius 2 is 2.00 bits per heavy atom. The molecule has 19 heavy (non-hydrogen) atoms. The number of hydrogen-bond donors (Lipinski definition) is 2. The Kier molecular flexibility index (Phi) is 5.66. The number of aliphatic carboxylic acids is 1. The van der Waals surface area contributed by atoms with Gasteiger partial charge in [-0.2, -0.15) is 0 Å². The number of amides is 1. The zero-order valence-electron chi connectivity index (χ0n) is 10.9. The minimum atomic E-state index is -0.881. The number of carbonyl (C=O) groups is 2. The van der Waals surface area contributed by atoms with Gasteiger partial charge in [0.05, 0.1) is 19.8 Å². The fourth-order valence-electron chi connectivity index (χ4n) is 1.60. The lowest BCUT2D eigenvalue weighted by molar-refractivity contribution is -0.137. The predicted molar refractivity (Wildman–Crippen MR) is 68.7 cm³/mol. The van der Waals surface area contributed by atoms with Gasteiger partial charge in [0.25, 0.3) is 5.91 Å². The van der Waals surface area contributed by atoms with Gasteiger partial charge in [-0.3, -0.25) is 9.59 Å². The number of carboxylic acid groups (broad SMARTS) is 1. The van der Waals surface area contributed by atoms with Crippen molar-refractivity contribution in [1.82, 2.24) is 5.32 Å². The molecule has 0 aromatic heterocycles. The molecule has 0 saturated heterocycles. The van der Waals surface area contributed by atoms with E-state index in [9.17, 15) is 9.59 Å². The first-order chi connectivity index (χ1) is 9.10. The van der Waals surface area contributed by atoms with Gasteiger partial charge in [0.2, 0.25) is 0 Å². The van der Waals surface area contributed by atoms with Crippen molar-refractivity contribution < 1.29 is 24.2 Å². The summed E-state index contributed by atoms with van der Waals surface area (Å²) in [7, 11) is 2.95. The van der Waals surface area contributed by atoms with Crippen molar-refractivity contribution in [1.29, 1.82) is 0 Å². The van der Waals surface area contributed by atoms with E-state index in [1.165, 1.54) is 14.2 Å². The summed E-state index contributed by atoms with van der Waals surface area (Å²) in [5, 5.41) is 11.1. The quantitative estimate of drug-likeness (QED) is 0.727. The Bertz CT molecular complexity index is 458. The summed E-state index contributed by atoms with van der Waals surface area (Å²) >= 11 is 0. The molecule has 2 N–H and O–H groups in total. The van der Waals surface area contributed by atoms with Crippen LogP contribution in [0.3, 0.4) is 0 Å². The summed E-state index contributed by atoms with van der Waals surface area (Å²) in [6, 6.07) is 5.00. The van der Waals surface area contributed by atoms with E-state index >= 15 is 0 Å². The lowest BCUT2D eigenvalue weighted by atomic mass is 10.1. The third kappa shape index (κ3) is 4.17. The molecule has 0 unspecified atom stereocenters. The molecule has 0 atom stereocenters. The van der Waals surface area contributed by atoms with Crippen molar-refractivity contribution in [3.63, 3.8) is 0 Å². The van der Waals surface area contributed by atoms with Crippen molar-refractivity contribution in [2.75, 3.05) is 20.8 Å². The fraction of sp³-hybridized carbons (Fsp3) is 0.385. The van der Waals surface area contributed by atoms with Crippen LogP contribution in [0.5, 0.6) is 11.5 Å². The van der Waals surface area contributed by atoms with Gasteiger partial charge in [0.1, 0.15) is 0 Å². The molecule has 0 saturated carbocycles. The van der Waals surface area contributed by atoms with Crippen LogP contribution in [0.25, 0.3) is 0 Å². The molecule has 0 fully saturated rings. The maximum absolute atomic E-state index is 11.9. The molecule has 1 amide bonds. The monoisotopic (exact) mass is 267 g/mol. The highest BCUT2D eigenvalue weighted by atomic mass is 16.5. The second-order valence-corrected chi connectivity index (χ2v) is 3.79. The molecule has 1 rings (SSSR count). The smallest absolute Gasteiger partial charge is 0.303 e. The summed E-state index contributed by atoms with van der Waals surface area (Å²) in [6.07, 6.45) is 0.406. The van der Waals surface area contributed by atoms with Gasteiger partial charge in [-0.25, -0.2) is 0 Å². The minimum Gasteiger partial charge on any atom is -0.493 e. The van der Waals surface area contributed by atoms with Crippen LogP contribution in [-0.4, -0.2) is 37.7 Å². The number of carboxylic acids is 1. The Hall–Kier alpha value is -2.24. The third-order valence-electron chi connectivity index (χ3n) is 2.50. The van der Waals surface area contributed by atoms with Crippen LogP contribution in [0.1, 0.15) is 23.2 Å². The number of ether oxygens (including phenoxy) is 2. The second kappa shape index (κ2) is 7.25. The summed E-state index contributed by atoms with van der Waals surface area (Å²) in [5.74, 6) is -0.365. The van der Waals surface area contributed by atoms with Crippen LogP contribution in [0, 0.1) is 0 Å². The number of benzene rings is 1. The maximum Gasteiger partial charge on any atom is 0.303 e. The molecule has 6 heteroatoms. The lowest BCUT2D eigenvalue weighted by Crippen LogP contribution is -2.25. The number of rotatable bonds is 7. The molecule has 0 aliphatic heterocycles. The summed E-state index contributed by atoms with van der Waals surface area (Å²) < 4.78 is 10.3. The number of para-hydroxylation sites is 1. The lowest BCUT2D eigenvalue weighted by Gasteiger charge is -2.12. The number of hydrogen-bond acceptors (Lipinski definition) is 4. The van der Waals surface area contributed by atoms with Gasteiger partial charge in [0, 0.05) is 13.0 Å². The van der Waals surface area contributed by atoms with E-state index < -0.39 is 5.97 Å². The largest absolute Gasteiger partial charge is 0.493 e. The number of carbonyl (C=O) groups excluding carboxylic acids is 1. The van der Waals surface area contributed by atoms with Crippen LogP contribution >= 0.6 is 0 Å². The van der Waals surface area contributed by atoms with Gasteiger partial charge < -0.3 is 19.9 Å². The fourth-order valence-corrected chi connectivity index (χ4v) is 1.60. The maximum atomic E-state index is 11.9. The summed E-state index contributed by atoms with van der Waals surface area (Å²) in [5.41, 5.74) is 0.358. The van der Waals surface area contributed by atoms with Crippen LogP contribution < -0.4 is 14.8 Å². The van der Waals surface area contributed by atoms with E-state index in [1.54, 1.807) is 18.2 Å². The molecule has 0 bridgehead atoms. The van der Waals surface area contributed by atoms with E-state index in [-0.39, 0.29) is 12.3 Å². The van der Waals surface area contributed by atoms with Crippen molar-refractivity contribution in [3.8, 4) is 11.5 Å². The molecular weight excluding hydrogens is 250 g/mol. The highest BCUT2D eigenvalue weighted by Crippen LogP contribution is 2.30. The summed E-state index contributed by atoms with van der Waals surface area (Å²) in [4.78, 5) is 22.3. The van der Waals surface area contributed by atoms with Crippen LogP contribution in [-0.2, 0) is 4.79 Å². The molecule has 1 aromatic carbocycles. The van der Waals surface area contributed by atoms with Crippen LogP contribution in [0.4, 0.5) is 0 Å². The molecular formula is C13H17NO5. The Morgan fingerprint density at radius 1 is 1.26 bits per heavy atom. The van der Waals surface area contributed by atoms with E-state index in [2.05, 4.69) is 5.32 Å². The topological polar surface area (TPSA) is 84.9 Å². The first-order valence-electron chi connectivity index (χ1n) is 5.81. The highest BCUT2D eigenvalue weighted by molar-refractivity contribution is 5.97. The SMILES string of the molecule is COc1cccc(C(=O)NCCCC(=O)O)c1OC. The molecule has 0 aliphatic carbocycles. The molecule has 6 nitrogen and oxygen atoms in total. The standard InChI is InChI=1S/C13H17NO5/c1-18-10-6-3-5-9(12(10)19-2)13(17)14-8-4-7-11(15)16/h3,5-6H,4,7-8H2,1-2H3,(H,14,17)(H,15,16). The minimum absolute atomic E-state index is 0.0233. The summed E-state index contributed by atoms with van der Waals surface area (Å²) in [6.45, 7) is 0.297.